The van der Waals surface area contributed by atoms with Crippen LogP contribution in [0.15, 0.2) is 55.1 Å². The Bertz CT molecular complexity index is 967. The second kappa shape index (κ2) is 7.89. The lowest BCUT2D eigenvalue weighted by Crippen LogP contribution is -2.48. The van der Waals surface area contributed by atoms with Crippen LogP contribution in [0.25, 0.3) is 6.08 Å². The number of fused-ring (bicyclic) bond motifs is 1. The van der Waals surface area contributed by atoms with Crippen molar-refractivity contribution in [2.75, 3.05) is 6.61 Å². The molecule has 1 aliphatic carbocycles. The topological polar surface area (TPSA) is 9.23 Å². The molecule has 2 heteroatoms. The van der Waals surface area contributed by atoms with Crippen molar-refractivity contribution in [1.29, 1.82) is 0 Å². The van der Waals surface area contributed by atoms with Crippen LogP contribution in [0.2, 0.25) is 13.1 Å². The molecule has 0 aliphatic heterocycles. The lowest BCUT2D eigenvalue weighted by molar-refractivity contribution is 0.353. The molecule has 2 aromatic carbocycles. The first-order valence-electron chi connectivity index (χ1n) is 11.1. The van der Waals surface area contributed by atoms with Crippen LogP contribution in [0.3, 0.4) is 0 Å². The van der Waals surface area contributed by atoms with Crippen molar-refractivity contribution in [2.45, 2.75) is 71.0 Å². The highest BCUT2D eigenvalue weighted by molar-refractivity contribution is 6.92. The average Bonchev–Trinajstić information content (AvgIpc) is 3.09. The Hall–Kier alpha value is -2.06. The molecule has 0 aromatic heterocycles. The molecule has 2 aromatic rings. The SMILES string of the molecule is C=CCOc1c(C(C)(C)C)cc(C(C)(C)C)cc1[Si](C)(C)C1C=Cc2ccccc21. The Kier molecular flexibility index (Phi) is 5.95. The van der Waals surface area contributed by atoms with Crippen LogP contribution in [0, 0.1) is 0 Å². The number of ether oxygens (including phenoxy) is 1. The molecular weight excluding hydrogens is 380 g/mol. The van der Waals surface area contributed by atoms with Gasteiger partial charge in [0.05, 0.1) is 8.07 Å². The number of hydrogen-bond acceptors (Lipinski definition) is 1. The zero-order chi connectivity index (χ0) is 22.3. The van der Waals surface area contributed by atoms with Gasteiger partial charge >= 0.3 is 0 Å². The zero-order valence-corrected chi connectivity index (χ0v) is 21.1. The van der Waals surface area contributed by atoms with Gasteiger partial charge < -0.3 is 4.74 Å². The summed E-state index contributed by atoms with van der Waals surface area (Å²) in [5, 5.41) is 1.42. The van der Waals surface area contributed by atoms with Crippen molar-refractivity contribution >= 4 is 19.3 Å². The van der Waals surface area contributed by atoms with Crippen molar-refractivity contribution in [3.8, 4) is 5.75 Å². The van der Waals surface area contributed by atoms with Gasteiger partial charge in [0.2, 0.25) is 0 Å². The second-order valence-electron chi connectivity index (χ2n) is 11.2. The monoisotopic (exact) mass is 418 g/mol. The van der Waals surface area contributed by atoms with Gasteiger partial charge in [0, 0.05) is 5.54 Å². The molecule has 1 nitrogen and oxygen atoms in total. The Balaban J connectivity index is 2.28. The van der Waals surface area contributed by atoms with Crippen LogP contribution >= 0.6 is 0 Å². The average molecular weight is 419 g/mol. The Morgan fingerprint density at radius 3 is 2.27 bits per heavy atom. The van der Waals surface area contributed by atoms with Crippen LogP contribution < -0.4 is 9.92 Å². The first-order chi connectivity index (χ1) is 13.9. The summed E-state index contributed by atoms with van der Waals surface area (Å²) < 4.78 is 6.44. The van der Waals surface area contributed by atoms with Gasteiger partial charge in [0.15, 0.2) is 0 Å². The number of allylic oxidation sites excluding steroid dienone is 1. The van der Waals surface area contributed by atoms with E-state index in [0.29, 0.717) is 12.1 Å². The van der Waals surface area contributed by atoms with Gasteiger partial charge in [0.1, 0.15) is 12.4 Å². The molecule has 0 bridgehead atoms. The molecule has 0 heterocycles. The highest BCUT2D eigenvalue weighted by Gasteiger charge is 2.40. The number of benzene rings is 2. The fourth-order valence-corrected chi connectivity index (χ4v) is 7.71. The first kappa shape index (κ1) is 22.6. The van der Waals surface area contributed by atoms with Crippen molar-refractivity contribution in [1.82, 2.24) is 0 Å². The van der Waals surface area contributed by atoms with Gasteiger partial charge in [0.25, 0.3) is 0 Å². The summed E-state index contributed by atoms with van der Waals surface area (Å²) in [6.07, 6.45) is 6.58. The molecule has 30 heavy (non-hydrogen) atoms. The largest absolute Gasteiger partial charge is 0.489 e. The van der Waals surface area contributed by atoms with E-state index in [2.05, 4.69) is 110 Å². The maximum Gasteiger partial charge on any atom is 0.122 e. The van der Waals surface area contributed by atoms with E-state index in [-0.39, 0.29) is 10.8 Å². The van der Waals surface area contributed by atoms with E-state index in [1.807, 2.05) is 6.08 Å². The van der Waals surface area contributed by atoms with Gasteiger partial charge in [-0.05, 0) is 38.3 Å². The minimum absolute atomic E-state index is 0.000413. The predicted octanol–water partition coefficient (Wildman–Crippen LogP) is 7.11. The Labute approximate surface area is 184 Å². The van der Waals surface area contributed by atoms with Gasteiger partial charge in [-0.25, -0.2) is 0 Å². The van der Waals surface area contributed by atoms with Crippen molar-refractivity contribution < 1.29 is 4.74 Å². The van der Waals surface area contributed by atoms with Crippen molar-refractivity contribution in [3.63, 3.8) is 0 Å². The minimum Gasteiger partial charge on any atom is -0.489 e. The van der Waals surface area contributed by atoms with Gasteiger partial charge in [-0.3, -0.25) is 0 Å². The molecule has 0 saturated carbocycles. The standard InChI is InChI=1S/C28H38OSi/c1-10-17-29-26-23(28(5,6)7)18-21(27(2,3)4)19-25(26)30(8,9)24-16-15-20-13-11-12-14-22(20)24/h10-16,18-19,24H,1,17H2,2-9H3. The number of rotatable bonds is 5. The molecule has 0 radical (unpaired) electrons. The molecule has 0 N–H and O–H groups in total. The molecule has 0 saturated heterocycles. The van der Waals surface area contributed by atoms with Crippen LogP contribution in [0.1, 0.15) is 69.3 Å². The normalized spacial score (nSPS) is 16.5. The van der Waals surface area contributed by atoms with Crippen molar-refractivity contribution in [2.24, 2.45) is 0 Å². The summed E-state index contributed by atoms with van der Waals surface area (Å²) in [7, 11) is -1.96. The van der Waals surface area contributed by atoms with E-state index in [1.165, 1.54) is 27.4 Å². The fourth-order valence-electron chi connectivity index (χ4n) is 4.44. The Morgan fingerprint density at radius 2 is 1.67 bits per heavy atom. The maximum atomic E-state index is 6.44. The summed E-state index contributed by atoms with van der Waals surface area (Å²) >= 11 is 0. The molecular formula is C28H38OSi. The maximum absolute atomic E-state index is 6.44. The van der Waals surface area contributed by atoms with Gasteiger partial charge in [-0.15, -0.1) is 0 Å². The summed E-state index contributed by atoms with van der Waals surface area (Å²) in [6.45, 7) is 23.2. The van der Waals surface area contributed by atoms with E-state index in [9.17, 15) is 0 Å². The van der Waals surface area contributed by atoms with Gasteiger partial charge in [-0.1, -0.05) is 116 Å². The van der Waals surface area contributed by atoms with Crippen LogP contribution in [0.4, 0.5) is 0 Å². The summed E-state index contributed by atoms with van der Waals surface area (Å²) in [5.41, 5.74) is 6.05. The van der Waals surface area contributed by atoms with E-state index in [1.54, 1.807) is 0 Å². The third-order valence-electron chi connectivity index (χ3n) is 6.38. The molecule has 0 spiro atoms. The highest BCUT2D eigenvalue weighted by Crippen LogP contribution is 2.41. The number of hydrogen-bond donors (Lipinski definition) is 0. The predicted molar refractivity (Wildman–Crippen MR) is 135 cm³/mol. The summed E-state index contributed by atoms with van der Waals surface area (Å²) in [4.78, 5) is 0. The van der Waals surface area contributed by atoms with E-state index in [0.717, 1.165) is 5.75 Å². The molecule has 1 unspecified atom stereocenters. The lowest BCUT2D eigenvalue weighted by Gasteiger charge is -2.36. The van der Waals surface area contributed by atoms with Gasteiger partial charge in [-0.2, -0.15) is 0 Å². The molecule has 1 aliphatic rings. The van der Waals surface area contributed by atoms with Crippen LogP contribution in [-0.2, 0) is 10.8 Å². The minimum atomic E-state index is -1.96. The van der Waals surface area contributed by atoms with E-state index >= 15 is 0 Å². The molecule has 0 amide bonds. The molecule has 3 rings (SSSR count). The molecule has 160 valence electrons. The fraction of sp³-hybridized carbons (Fsp3) is 0.429. The molecule has 0 fully saturated rings. The summed E-state index contributed by atoms with van der Waals surface area (Å²) in [5.74, 6) is 1.09. The van der Waals surface area contributed by atoms with Crippen LogP contribution in [0.5, 0.6) is 5.75 Å². The van der Waals surface area contributed by atoms with Crippen molar-refractivity contribution in [3.05, 3.63) is 77.4 Å². The highest BCUT2D eigenvalue weighted by atomic mass is 28.3. The molecule has 1 atom stereocenters. The van der Waals surface area contributed by atoms with Crippen LogP contribution in [-0.4, -0.2) is 14.7 Å². The van der Waals surface area contributed by atoms with E-state index in [4.69, 9.17) is 4.74 Å². The second-order valence-corrected chi connectivity index (χ2v) is 15.8. The third kappa shape index (κ3) is 4.20. The smallest absolute Gasteiger partial charge is 0.122 e. The quantitative estimate of drug-likeness (QED) is 0.371. The Morgan fingerprint density at radius 1 is 1.00 bits per heavy atom. The summed E-state index contributed by atoms with van der Waals surface area (Å²) in [6, 6.07) is 13.7. The third-order valence-corrected chi connectivity index (χ3v) is 10.2. The first-order valence-corrected chi connectivity index (χ1v) is 14.2. The lowest BCUT2D eigenvalue weighted by atomic mass is 9.80. The zero-order valence-electron chi connectivity index (χ0n) is 20.1. The van der Waals surface area contributed by atoms with E-state index < -0.39 is 8.07 Å².